The number of ether oxygens (including phenoxy) is 2. The third kappa shape index (κ3) is 3.43. The summed E-state index contributed by atoms with van der Waals surface area (Å²) >= 11 is 12.5. The summed E-state index contributed by atoms with van der Waals surface area (Å²) in [5.41, 5.74) is -0.109. The van der Waals surface area contributed by atoms with Gasteiger partial charge in [0, 0.05) is 0 Å². The van der Waals surface area contributed by atoms with E-state index in [4.69, 9.17) is 32.7 Å². The lowest BCUT2D eigenvalue weighted by molar-refractivity contribution is 0.418. The molecule has 0 unspecified atom stereocenters. The highest BCUT2D eigenvalue weighted by Crippen LogP contribution is 2.48. The van der Waals surface area contributed by atoms with Crippen molar-refractivity contribution >= 4 is 23.2 Å². The van der Waals surface area contributed by atoms with Gasteiger partial charge in [0.05, 0.1) is 10.6 Å². The molecule has 0 radical (unpaired) electrons. The minimum absolute atomic E-state index is 0.00278. The van der Waals surface area contributed by atoms with E-state index in [9.17, 15) is 10.5 Å². The van der Waals surface area contributed by atoms with E-state index in [1.807, 2.05) is 24.3 Å². The maximum absolute atomic E-state index is 9.58. The standard InChI is InChI=1S/C20H10Cl2N2O2/c21-17-15(11-23)16(12-24)19(25-13-7-3-1-4-8-13)20(18(17)22)26-14-9-5-2-6-10-14/h1-10H. The Hall–Kier alpha value is -3.18. The fourth-order valence-electron chi connectivity index (χ4n) is 2.26. The molecule has 4 nitrogen and oxygen atoms in total. The van der Waals surface area contributed by atoms with Crippen LogP contribution in [0.3, 0.4) is 0 Å². The molecule has 26 heavy (non-hydrogen) atoms. The number of para-hydroxylation sites is 2. The van der Waals surface area contributed by atoms with Gasteiger partial charge < -0.3 is 9.47 Å². The molecule has 0 amide bonds. The minimum Gasteiger partial charge on any atom is -0.452 e. The molecule has 0 aliphatic rings. The van der Waals surface area contributed by atoms with E-state index in [0.717, 1.165) is 0 Å². The van der Waals surface area contributed by atoms with Crippen molar-refractivity contribution < 1.29 is 9.47 Å². The Labute approximate surface area is 160 Å². The number of hydrogen-bond acceptors (Lipinski definition) is 4. The highest BCUT2D eigenvalue weighted by molar-refractivity contribution is 6.44. The van der Waals surface area contributed by atoms with E-state index in [2.05, 4.69) is 0 Å². The van der Waals surface area contributed by atoms with Crippen molar-refractivity contribution in [2.24, 2.45) is 0 Å². The van der Waals surface area contributed by atoms with Gasteiger partial charge in [0.2, 0.25) is 0 Å². The van der Waals surface area contributed by atoms with Crippen LogP contribution in [0.1, 0.15) is 11.1 Å². The third-order valence-corrected chi connectivity index (χ3v) is 4.28. The first kappa shape index (κ1) is 17.6. The summed E-state index contributed by atoms with van der Waals surface area (Å²) in [6, 6.07) is 21.5. The topological polar surface area (TPSA) is 66.0 Å². The van der Waals surface area contributed by atoms with Gasteiger partial charge in [-0.15, -0.1) is 0 Å². The van der Waals surface area contributed by atoms with Crippen LogP contribution in [0, 0.1) is 22.7 Å². The molecule has 0 N–H and O–H groups in total. The fourth-order valence-corrected chi connectivity index (χ4v) is 2.70. The van der Waals surface area contributed by atoms with Gasteiger partial charge in [0.25, 0.3) is 0 Å². The van der Waals surface area contributed by atoms with Crippen molar-refractivity contribution in [3.63, 3.8) is 0 Å². The summed E-state index contributed by atoms with van der Waals surface area (Å²) < 4.78 is 11.7. The molecular weight excluding hydrogens is 371 g/mol. The Morgan fingerprint density at radius 2 is 1.08 bits per heavy atom. The number of nitrogens with zero attached hydrogens (tertiary/aromatic N) is 2. The van der Waals surface area contributed by atoms with E-state index in [-0.39, 0.29) is 32.7 Å². The van der Waals surface area contributed by atoms with Gasteiger partial charge in [-0.25, -0.2) is 0 Å². The molecule has 3 rings (SSSR count). The summed E-state index contributed by atoms with van der Waals surface area (Å²) in [5, 5.41) is 18.9. The second-order valence-corrected chi connectivity index (χ2v) is 5.85. The highest BCUT2D eigenvalue weighted by Gasteiger charge is 2.26. The summed E-state index contributed by atoms with van der Waals surface area (Å²) in [6.07, 6.45) is 0. The minimum atomic E-state index is -0.0643. The first-order valence-electron chi connectivity index (χ1n) is 7.46. The molecule has 0 fully saturated rings. The third-order valence-electron chi connectivity index (χ3n) is 3.44. The van der Waals surface area contributed by atoms with Crippen molar-refractivity contribution in [2.75, 3.05) is 0 Å². The molecule has 0 heterocycles. The first-order chi connectivity index (χ1) is 12.7. The van der Waals surface area contributed by atoms with Crippen molar-refractivity contribution in [3.8, 4) is 35.1 Å². The number of hydrogen-bond donors (Lipinski definition) is 0. The van der Waals surface area contributed by atoms with E-state index in [0.29, 0.717) is 11.5 Å². The number of halogens is 2. The van der Waals surface area contributed by atoms with E-state index in [1.165, 1.54) is 0 Å². The molecule has 0 aliphatic heterocycles. The summed E-state index contributed by atoms with van der Waals surface area (Å²) in [5.74, 6) is 1.05. The predicted octanol–water partition coefficient (Wildman–Crippen LogP) is 6.32. The number of benzene rings is 3. The maximum Gasteiger partial charge on any atom is 0.191 e. The first-order valence-corrected chi connectivity index (χ1v) is 8.22. The maximum atomic E-state index is 9.58. The molecule has 0 aliphatic carbocycles. The molecule has 126 valence electrons. The van der Waals surface area contributed by atoms with Crippen LogP contribution in [0.5, 0.6) is 23.0 Å². The van der Waals surface area contributed by atoms with Crippen LogP contribution in [-0.2, 0) is 0 Å². The van der Waals surface area contributed by atoms with Crippen LogP contribution in [0.2, 0.25) is 10.0 Å². The lowest BCUT2D eigenvalue weighted by Gasteiger charge is -2.17. The molecule has 3 aromatic rings. The van der Waals surface area contributed by atoms with Crippen LogP contribution in [0.4, 0.5) is 0 Å². The van der Waals surface area contributed by atoms with Gasteiger partial charge in [-0.3, -0.25) is 0 Å². The monoisotopic (exact) mass is 380 g/mol. The molecule has 0 saturated heterocycles. The second-order valence-electron chi connectivity index (χ2n) is 5.09. The van der Waals surface area contributed by atoms with Crippen LogP contribution >= 0.6 is 23.2 Å². The molecule has 0 spiro atoms. The van der Waals surface area contributed by atoms with Crippen LogP contribution in [0.25, 0.3) is 0 Å². The van der Waals surface area contributed by atoms with Gasteiger partial charge in [0.15, 0.2) is 11.5 Å². The Morgan fingerprint density at radius 1 is 0.615 bits per heavy atom. The van der Waals surface area contributed by atoms with Crippen LogP contribution < -0.4 is 9.47 Å². The normalized spacial score (nSPS) is 9.85. The zero-order chi connectivity index (χ0) is 18.5. The SMILES string of the molecule is N#Cc1c(Cl)c(Cl)c(Oc2ccccc2)c(Oc2ccccc2)c1C#N. The van der Waals surface area contributed by atoms with E-state index < -0.39 is 0 Å². The average Bonchev–Trinajstić information content (AvgIpc) is 2.68. The van der Waals surface area contributed by atoms with Crippen molar-refractivity contribution in [1.29, 1.82) is 10.5 Å². The molecule has 0 saturated carbocycles. The quantitative estimate of drug-likeness (QED) is 0.530. The van der Waals surface area contributed by atoms with E-state index >= 15 is 0 Å². The van der Waals surface area contributed by atoms with Gasteiger partial charge >= 0.3 is 0 Å². The van der Waals surface area contributed by atoms with Crippen LogP contribution in [-0.4, -0.2) is 0 Å². The van der Waals surface area contributed by atoms with Crippen molar-refractivity contribution in [3.05, 3.63) is 81.8 Å². The highest BCUT2D eigenvalue weighted by atomic mass is 35.5. The Morgan fingerprint density at radius 3 is 1.54 bits per heavy atom. The summed E-state index contributed by atoms with van der Waals surface area (Å²) in [6.45, 7) is 0. The zero-order valence-electron chi connectivity index (χ0n) is 13.2. The Bertz CT molecular complexity index is 1020. The Balaban J connectivity index is 2.22. The lowest BCUT2D eigenvalue weighted by Crippen LogP contribution is -1.99. The lowest BCUT2D eigenvalue weighted by atomic mass is 10.1. The molecular formula is C20H10Cl2N2O2. The molecule has 3 aromatic carbocycles. The molecule has 0 aromatic heterocycles. The number of rotatable bonds is 4. The predicted molar refractivity (Wildman–Crippen MR) is 98.9 cm³/mol. The second kappa shape index (κ2) is 7.80. The molecule has 6 heteroatoms. The van der Waals surface area contributed by atoms with Crippen LogP contribution in [0.15, 0.2) is 60.7 Å². The summed E-state index contributed by atoms with van der Waals surface area (Å²) in [4.78, 5) is 0. The van der Waals surface area contributed by atoms with Gasteiger partial charge in [0.1, 0.15) is 34.2 Å². The summed E-state index contributed by atoms with van der Waals surface area (Å²) in [7, 11) is 0. The fraction of sp³-hybridized carbons (Fsp3) is 0. The number of nitriles is 2. The zero-order valence-corrected chi connectivity index (χ0v) is 14.8. The van der Waals surface area contributed by atoms with Gasteiger partial charge in [-0.2, -0.15) is 10.5 Å². The van der Waals surface area contributed by atoms with Crippen molar-refractivity contribution in [1.82, 2.24) is 0 Å². The van der Waals surface area contributed by atoms with Gasteiger partial charge in [-0.05, 0) is 24.3 Å². The van der Waals surface area contributed by atoms with Gasteiger partial charge in [-0.1, -0.05) is 59.6 Å². The largest absolute Gasteiger partial charge is 0.452 e. The van der Waals surface area contributed by atoms with E-state index in [1.54, 1.807) is 48.5 Å². The smallest absolute Gasteiger partial charge is 0.191 e. The average molecular weight is 381 g/mol. The molecule has 0 atom stereocenters. The molecule has 0 bridgehead atoms. The van der Waals surface area contributed by atoms with Crippen molar-refractivity contribution in [2.45, 2.75) is 0 Å². The Kier molecular flexibility index (Phi) is 5.29.